The zero-order valence-corrected chi connectivity index (χ0v) is 16.0. The highest BCUT2D eigenvalue weighted by atomic mass is 16.1. The molecule has 2 aromatic carbocycles. The zero-order valence-electron chi connectivity index (χ0n) is 16.0. The van der Waals surface area contributed by atoms with Gasteiger partial charge in [-0.15, -0.1) is 0 Å². The van der Waals surface area contributed by atoms with Crippen LogP contribution in [0.5, 0.6) is 0 Å². The summed E-state index contributed by atoms with van der Waals surface area (Å²) in [5.41, 5.74) is 4.39. The van der Waals surface area contributed by atoms with Gasteiger partial charge in [-0.2, -0.15) is 5.10 Å². The van der Waals surface area contributed by atoms with E-state index in [1.807, 2.05) is 20.2 Å². The Morgan fingerprint density at radius 1 is 1.11 bits per heavy atom. The Morgan fingerprint density at radius 2 is 1.81 bits per heavy atom. The lowest BCUT2D eigenvalue weighted by Gasteiger charge is -2.12. The smallest absolute Gasteiger partial charge is 0.225 e. The minimum atomic E-state index is 0.0682. The number of carbonyl (C=O) groups is 1. The Labute approximate surface area is 159 Å². The van der Waals surface area contributed by atoms with Crippen LogP contribution in [0.2, 0.25) is 0 Å². The number of nitrogens with one attached hydrogen (secondary N) is 2. The number of hydrogen-bond donors (Lipinski definition) is 2. The summed E-state index contributed by atoms with van der Waals surface area (Å²) >= 11 is 0. The van der Waals surface area contributed by atoms with E-state index in [1.54, 1.807) is 0 Å². The molecule has 1 aliphatic rings. The highest BCUT2D eigenvalue weighted by Gasteiger charge is 2.19. The summed E-state index contributed by atoms with van der Waals surface area (Å²) in [5.74, 6) is 1.23. The summed E-state index contributed by atoms with van der Waals surface area (Å²) in [7, 11) is 4.07. The highest BCUT2D eigenvalue weighted by molar-refractivity contribution is 6.00. The van der Waals surface area contributed by atoms with Crippen LogP contribution >= 0.6 is 0 Å². The first-order chi connectivity index (χ1) is 13.1. The van der Waals surface area contributed by atoms with Gasteiger partial charge in [-0.1, -0.05) is 31.0 Å². The first-order valence-electron chi connectivity index (χ1n) is 9.66. The first kappa shape index (κ1) is 17.6. The number of amides is 1. The molecule has 1 saturated carbocycles. The summed E-state index contributed by atoms with van der Waals surface area (Å²) in [4.78, 5) is 14.4. The minimum absolute atomic E-state index is 0.0682. The third kappa shape index (κ3) is 3.82. The Hall–Kier alpha value is -2.82. The lowest BCUT2D eigenvalue weighted by Crippen LogP contribution is -2.15. The van der Waals surface area contributed by atoms with E-state index in [2.05, 4.69) is 56.8 Å². The van der Waals surface area contributed by atoms with Crippen molar-refractivity contribution >= 4 is 28.3 Å². The zero-order chi connectivity index (χ0) is 18.8. The standard InChI is InChI=1S/C22H26N4O/c1-26(2)18-10-7-16(8-11-18)17-9-12-19-20(14-17)24-25-22(19)23-21(27)13-15-5-3-4-6-15/h7-12,14-15H,3-6,13H2,1-2H3,(H2,23,24,25,27). The number of aromatic nitrogens is 2. The van der Waals surface area contributed by atoms with Gasteiger partial charge in [-0.05, 0) is 54.2 Å². The van der Waals surface area contributed by atoms with Crippen LogP contribution in [-0.4, -0.2) is 30.2 Å². The molecule has 1 aromatic heterocycles. The van der Waals surface area contributed by atoms with E-state index in [0.29, 0.717) is 18.2 Å². The van der Waals surface area contributed by atoms with Gasteiger partial charge in [-0.25, -0.2) is 0 Å². The second-order valence-electron chi connectivity index (χ2n) is 7.68. The van der Waals surface area contributed by atoms with Crippen molar-refractivity contribution in [2.24, 2.45) is 5.92 Å². The summed E-state index contributed by atoms with van der Waals surface area (Å²) in [6.07, 6.45) is 5.45. The topological polar surface area (TPSA) is 61.0 Å². The molecule has 0 saturated heterocycles. The lowest BCUT2D eigenvalue weighted by atomic mass is 10.0. The van der Waals surface area contributed by atoms with Gasteiger partial charge in [-0.3, -0.25) is 9.89 Å². The van der Waals surface area contributed by atoms with E-state index < -0.39 is 0 Å². The summed E-state index contributed by atoms with van der Waals surface area (Å²) < 4.78 is 0. The minimum Gasteiger partial charge on any atom is -0.378 e. The highest BCUT2D eigenvalue weighted by Crippen LogP contribution is 2.30. The number of hydrogen-bond acceptors (Lipinski definition) is 3. The molecule has 1 amide bonds. The van der Waals surface area contributed by atoms with Crippen LogP contribution in [0.1, 0.15) is 32.1 Å². The molecular formula is C22H26N4O. The quantitative estimate of drug-likeness (QED) is 0.684. The predicted molar refractivity (Wildman–Crippen MR) is 111 cm³/mol. The molecule has 4 rings (SSSR count). The molecule has 1 aliphatic carbocycles. The third-order valence-electron chi connectivity index (χ3n) is 5.49. The van der Waals surface area contributed by atoms with Crippen molar-refractivity contribution in [1.29, 1.82) is 0 Å². The fraction of sp³-hybridized carbons (Fsp3) is 0.364. The normalized spacial score (nSPS) is 14.6. The van der Waals surface area contributed by atoms with E-state index >= 15 is 0 Å². The van der Waals surface area contributed by atoms with Crippen LogP contribution in [0, 0.1) is 5.92 Å². The van der Waals surface area contributed by atoms with Crippen LogP contribution in [0.25, 0.3) is 22.0 Å². The average Bonchev–Trinajstić information content (AvgIpc) is 3.31. The molecule has 0 bridgehead atoms. The van der Waals surface area contributed by atoms with E-state index in [9.17, 15) is 4.79 Å². The van der Waals surface area contributed by atoms with Crippen LogP contribution in [0.15, 0.2) is 42.5 Å². The number of rotatable bonds is 5. The molecule has 0 spiro atoms. The molecule has 5 heteroatoms. The Bertz CT molecular complexity index is 937. The van der Waals surface area contributed by atoms with Crippen LogP contribution in [0.4, 0.5) is 11.5 Å². The maximum atomic E-state index is 12.3. The van der Waals surface area contributed by atoms with Gasteiger partial charge in [0.05, 0.1) is 5.52 Å². The Kier molecular flexibility index (Phi) is 4.84. The van der Waals surface area contributed by atoms with Crippen molar-refractivity contribution in [3.8, 4) is 11.1 Å². The molecule has 0 atom stereocenters. The van der Waals surface area contributed by atoms with Gasteiger partial charge >= 0.3 is 0 Å². The van der Waals surface area contributed by atoms with Gasteiger partial charge in [0.15, 0.2) is 5.82 Å². The molecular weight excluding hydrogens is 336 g/mol. The molecule has 0 aliphatic heterocycles. The van der Waals surface area contributed by atoms with Gasteiger partial charge < -0.3 is 10.2 Å². The van der Waals surface area contributed by atoms with E-state index in [0.717, 1.165) is 22.0 Å². The van der Waals surface area contributed by atoms with Crippen LogP contribution < -0.4 is 10.2 Å². The number of nitrogens with zero attached hydrogens (tertiary/aromatic N) is 2. The van der Waals surface area contributed by atoms with Gasteiger partial charge in [0, 0.05) is 31.6 Å². The van der Waals surface area contributed by atoms with Crippen molar-refractivity contribution in [3.05, 3.63) is 42.5 Å². The van der Waals surface area contributed by atoms with E-state index in [1.165, 1.54) is 31.4 Å². The molecule has 1 heterocycles. The van der Waals surface area contributed by atoms with Crippen molar-refractivity contribution in [2.75, 3.05) is 24.3 Å². The number of H-pyrrole nitrogens is 1. The summed E-state index contributed by atoms with van der Waals surface area (Å²) in [6.45, 7) is 0. The Balaban J connectivity index is 1.51. The lowest BCUT2D eigenvalue weighted by molar-refractivity contribution is -0.117. The molecule has 27 heavy (non-hydrogen) atoms. The number of aromatic amines is 1. The summed E-state index contributed by atoms with van der Waals surface area (Å²) in [5, 5.41) is 11.3. The van der Waals surface area contributed by atoms with Crippen molar-refractivity contribution in [2.45, 2.75) is 32.1 Å². The monoisotopic (exact) mass is 362 g/mol. The number of benzene rings is 2. The van der Waals surface area contributed by atoms with Gasteiger partial charge in [0.1, 0.15) is 0 Å². The largest absolute Gasteiger partial charge is 0.378 e. The molecule has 2 N–H and O–H groups in total. The van der Waals surface area contributed by atoms with Crippen molar-refractivity contribution in [3.63, 3.8) is 0 Å². The maximum absolute atomic E-state index is 12.3. The van der Waals surface area contributed by atoms with E-state index in [4.69, 9.17) is 0 Å². The first-order valence-corrected chi connectivity index (χ1v) is 9.66. The molecule has 0 unspecified atom stereocenters. The van der Waals surface area contributed by atoms with Crippen molar-refractivity contribution < 1.29 is 4.79 Å². The number of anilines is 2. The van der Waals surface area contributed by atoms with Gasteiger partial charge in [0.2, 0.25) is 5.91 Å². The SMILES string of the molecule is CN(C)c1ccc(-c2ccc3c(NC(=O)CC4CCCC4)n[nH]c3c2)cc1. The number of carbonyl (C=O) groups excluding carboxylic acids is 1. The fourth-order valence-electron chi connectivity index (χ4n) is 3.91. The molecule has 5 nitrogen and oxygen atoms in total. The van der Waals surface area contributed by atoms with E-state index in [-0.39, 0.29) is 5.91 Å². The second-order valence-corrected chi connectivity index (χ2v) is 7.68. The third-order valence-corrected chi connectivity index (χ3v) is 5.49. The maximum Gasteiger partial charge on any atom is 0.225 e. The van der Waals surface area contributed by atoms with Crippen molar-refractivity contribution in [1.82, 2.24) is 10.2 Å². The van der Waals surface area contributed by atoms with Gasteiger partial charge in [0.25, 0.3) is 0 Å². The van der Waals surface area contributed by atoms with Crippen LogP contribution in [-0.2, 0) is 4.79 Å². The average molecular weight is 362 g/mol. The summed E-state index contributed by atoms with van der Waals surface area (Å²) in [6, 6.07) is 14.7. The predicted octanol–water partition coefficient (Wildman–Crippen LogP) is 4.81. The molecule has 0 radical (unpaired) electrons. The molecule has 1 fully saturated rings. The number of fused-ring (bicyclic) bond motifs is 1. The fourth-order valence-corrected chi connectivity index (χ4v) is 3.91. The van der Waals surface area contributed by atoms with Crippen LogP contribution in [0.3, 0.4) is 0 Å². The Morgan fingerprint density at radius 3 is 2.52 bits per heavy atom. The molecule has 140 valence electrons. The second kappa shape index (κ2) is 7.43. The molecule has 3 aromatic rings.